The monoisotopic (exact) mass is 169 g/mol. The van der Waals surface area contributed by atoms with Crippen molar-refractivity contribution in [2.75, 3.05) is 6.54 Å². The molecule has 1 rings (SSSR count). The van der Waals surface area contributed by atoms with Crippen LogP contribution in [-0.2, 0) is 0 Å². The van der Waals surface area contributed by atoms with Crippen LogP contribution in [0.3, 0.4) is 0 Å². The highest BCUT2D eigenvalue weighted by Crippen LogP contribution is 2.35. The molecule has 0 heterocycles. The van der Waals surface area contributed by atoms with Crippen molar-refractivity contribution >= 4 is 0 Å². The molecule has 2 N–H and O–H groups in total. The molecule has 72 valence electrons. The first-order chi connectivity index (χ1) is 5.64. The highest BCUT2D eigenvalue weighted by atomic mass is 14.6. The average Bonchev–Trinajstić information content (AvgIpc) is 1.97. The average molecular weight is 169 g/mol. The van der Waals surface area contributed by atoms with Crippen molar-refractivity contribution < 1.29 is 0 Å². The van der Waals surface area contributed by atoms with Crippen molar-refractivity contribution in [2.45, 2.75) is 52.4 Å². The third-order valence-corrected chi connectivity index (χ3v) is 3.14. The summed E-state index contributed by atoms with van der Waals surface area (Å²) >= 11 is 0. The van der Waals surface area contributed by atoms with Crippen LogP contribution in [0.25, 0.3) is 0 Å². The zero-order valence-electron chi connectivity index (χ0n) is 8.60. The second-order valence-corrected chi connectivity index (χ2v) is 5.07. The quantitative estimate of drug-likeness (QED) is 0.641. The molecule has 0 aromatic rings. The molecule has 1 saturated carbocycles. The zero-order chi connectivity index (χ0) is 9.03. The topological polar surface area (TPSA) is 26.0 Å². The normalized spacial score (nSPS) is 30.8. The third kappa shape index (κ3) is 3.14. The molecule has 1 fully saturated rings. The number of rotatable bonds is 1. The van der Waals surface area contributed by atoms with E-state index in [1.54, 1.807) is 0 Å². The van der Waals surface area contributed by atoms with Crippen LogP contribution >= 0.6 is 0 Å². The Labute approximate surface area is 76.7 Å². The second-order valence-electron chi connectivity index (χ2n) is 5.07. The first-order valence-corrected chi connectivity index (χ1v) is 5.34. The van der Waals surface area contributed by atoms with Gasteiger partial charge in [0, 0.05) is 0 Å². The van der Waals surface area contributed by atoms with Crippen molar-refractivity contribution in [1.29, 1.82) is 0 Å². The largest absolute Gasteiger partial charge is 0.330 e. The van der Waals surface area contributed by atoms with E-state index in [2.05, 4.69) is 13.8 Å². The fourth-order valence-corrected chi connectivity index (χ4v) is 2.40. The van der Waals surface area contributed by atoms with Gasteiger partial charge in [0.25, 0.3) is 0 Å². The van der Waals surface area contributed by atoms with E-state index in [4.69, 9.17) is 5.73 Å². The van der Waals surface area contributed by atoms with Crippen LogP contribution in [0.2, 0.25) is 0 Å². The Hall–Kier alpha value is -0.0400. The maximum Gasteiger partial charge on any atom is -0.00487 e. The molecule has 1 aliphatic rings. The Morgan fingerprint density at radius 3 is 2.67 bits per heavy atom. The minimum absolute atomic E-state index is 0.546. The van der Waals surface area contributed by atoms with Crippen LogP contribution in [-0.4, -0.2) is 6.54 Å². The van der Waals surface area contributed by atoms with Gasteiger partial charge in [0.05, 0.1) is 0 Å². The minimum Gasteiger partial charge on any atom is -0.330 e. The molecule has 0 amide bonds. The predicted octanol–water partition coefficient (Wildman–Crippen LogP) is 2.94. The van der Waals surface area contributed by atoms with Gasteiger partial charge in [-0.15, -0.1) is 0 Å². The van der Waals surface area contributed by atoms with Gasteiger partial charge in [0.1, 0.15) is 0 Å². The maximum atomic E-state index is 5.74. The minimum atomic E-state index is 0.546. The predicted molar refractivity (Wildman–Crippen MR) is 54.0 cm³/mol. The van der Waals surface area contributed by atoms with Gasteiger partial charge in [0.15, 0.2) is 0 Å². The molecule has 1 atom stereocenters. The standard InChI is InChI=1S/C11H23N/c1-11(2)7-5-3-4-6-10(8-11)9-12/h10H,3-9,12H2,1-2H3. The molecule has 0 aromatic heterocycles. The zero-order valence-corrected chi connectivity index (χ0v) is 8.60. The SMILES string of the molecule is CC1(C)CCCCCC(CN)C1. The van der Waals surface area contributed by atoms with E-state index in [-0.39, 0.29) is 0 Å². The summed E-state index contributed by atoms with van der Waals surface area (Å²) in [5.74, 6) is 0.792. The van der Waals surface area contributed by atoms with Crippen molar-refractivity contribution in [3.05, 3.63) is 0 Å². The van der Waals surface area contributed by atoms with Crippen LogP contribution < -0.4 is 5.73 Å². The molecular weight excluding hydrogens is 146 g/mol. The van der Waals surface area contributed by atoms with Crippen LogP contribution in [0, 0.1) is 11.3 Å². The summed E-state index contributed by atoms with van der Waals surface area (Å²) in [7, 11) is 0. The summed E-state index contributed by atoms with van der Waals surface area (Å²) in [5.41, 5.74) is 6.29. The lowest BCUT2D eigenvalue weighted by Gasteiger charge is -2.31. The van der Waals surface area contributed by atoms with Crippen molar-refractivity contribution in [2.24, 2.45) is 17.1 Å². The summed E-state index contributed by atoms with van der Waals surface area (Å²) in [6.07, 6.45) is 8.33. The molecule has 0 bridgehead atoms. The van der Waals surface area contributed by atoms with Crippen molar-refractivity contribution in [1.82, 2.24) is 0 Å². The summed E-state index contributed by atoms with van der Waals surface area (Å²) in [5, 5.41) is 0. The highest BCUT2D eigenvalue weighted by Gasteiger charge is 2.23. The van der Waals surface area contributed by atoms with Crippen LogP contribution in [0.4, 0.5) is 0 Å². The van der Waals surface area contributed by atoms with E-state index in [9.17, 15) is 0 Å². The molecule has 1 nitrogen and oxygen atoms in total. The van der Waals surface area contributed by atoms with Gasteiger partial charge in [-0.1, -0.05) is 33.1 Å². The maximum absolute atomic E-state index is 5.74. The van der Waals surface area contributed by atoms with E-state index in [0.717, 1.165) is 12.5 Å². The van der Waals surface area contributed by atoms with Crippen LogP contribution in [0.5, 0.6) is 0 Å². The number of nitrogens with two attached hydrogens (primary N) is 1. The van der Waals surface area contributed by atoms with E-state index < -0.39 is 0 Å². The lowest BCUT2D eigenvalue weighted by Crippen LogP contribution is -2.24. The van der Waals surface area contributed by atoms with Crippen molar-refractivity contribution in [3.63, 3.8) is 0 Å². The Morgan fingerprint density at radius 1 is 1.25 bits per heavy atom. The molecule has 12 heavy (non-hydrogen) atoms. The van der Waals surface area contributed by atoms with E-state index in [1.165, 1.54) is 38.5 Å². The lowest BCUT2D eigenvalue weighted by atomic mass is 9.75. The molecule has 0 aliphatic heterocycles. The van der Waals surface area contributed by atoms with E-state index >= 15 is 0 Å². The Morgan fingerprint density at radius 2 is 2.00 bits per heavy atom. The van der Waals surface area contributed by atoms with Crippen LogP contribution in [0.15, 0.2) is 0 Å². The smallest absolute Gasteiger partial charge is 0.00487 e. The molecule has 1 heteroatoms. The van der Waals surface area contributed by atoms with E-state index in [0.29, 0.717) is 5.41 Å². The van der Waals surface area contributed by atoms with Gasteiger partial charge < -0.3 is 5.73 Å². The number of hydrogen-bond acceptors (Lipinski definition) is 1. The van der Waals surface area contributed by atoms with Gasteiger partial charge >= 0.3 is 0 Å². The fourth-order valence-electron chi connectivity index (χ4n) is 2.40. The van der Waals surface area contributed by atoms with Gasteiger partial charge in [0.2, 0.25) is 0 Å². The van der Waals surface area contributed by atoms with Gasteiger partial charge in [-0.25, -0.2) is 0 Å². The molecule has 1 aliphatic carbocycles. The van der Waals surface area contributed by atoms with E-state index in [1.807, 2.05) is 0 Å². The van der Waals surface area contributed by atoms with Gasteiger partial charge in [-0.2, -0.15) is 0 Å². The van der Waals surface area contributed by atoms with Gasteiger partial charge in [-0.05, 0) is 37.1 Å². The molecule has 0 radical (unpaired) electrons. The van der Waals surface area contributed by atoms with Crippen molar-refractivity contribution in [3.8, 4) is 0 Å². The highest BCUT2D eigenvalue weighted by molar-refractivity contribution is 4.76. The van der Waals surface area contributed by atoms with Crippen LogP contribution in [0.1, 0.15) is 52.4 Å². The third-order valence-electron chi connectivity index (χ3n) is 3.14. The van der Waals surface area contributed by atoms with Gasteiger partial charge in [-0.3, -0.25) is 0 Å². The molecule has 0 saturated heterocycles. The molecular formula is C11H23N. The first-order valence-electron chi connectivity index (χ1n) is 5.34. The summed E-state index contributed by atoms with van der Waals surface area (Å²) < 4.78 is 0. The first kappa shape index (κ1) is 10.0. The molecule has 1 unspecified atom stereocenters. The molecule has 0 spiro atoms. The Balaban J connectivity index is 2.45. The lowest BCUT2D eigenvalue weighted by molar-refractivity contribution is 0.214. The Bertz CT molecular complexity index is 129. The summed E-state index contributed by atoms with van der Waals surface area (Å²) in [4.78, 5) is 0. The number of hydrogen-bond donors (Lipinski definition) is 1. The summed E-state index contributed by atoms with van der Waals surface area (Å²) in [6.45, 7) is 5.67. The molecule has 0 aromatic carbocycles. The Kier molecular flexibility index (Phi) is 3.57. The fraction of sp³-hybridized carbons (Fsp3) is 1.00. The second kappa shape index (κ2) is 4.27. The summed E-state index contributed by atoms with van der Waals surface area (Å²) in [6, 6.07) is 0.